The molecule has 0 spiro atoms. The minimum Gasteiger partial charge on any atom is -0.339 e. The van der Waals surface area contributed by atoms with Crippen LogP contribution in [0, 0.1) is 13.8 Å². The van der Waals surface area contributed by atoms with E-state index in [0.717, 1.165) is 16.8 Å². The standard InChI is InChI=1S/C26H22ClN3O2/c1-17-8-3-6-12-22(17)29-26(32)24-23(31)14-18(2)30(16-19-9-7-13-28-15-19)25(24)20-10-4-5-11-21(20)27/h3-15H,16H2,1-2H3,(H,29,32). The summed E-state index contributed by atoms with van der Waals surface area (Å²) in [5, 5.41) is 3.36. The van der Waals surface area contributed by atoms with Gasteiger partial charge in [-0.15, -0.1) is 0 Å². The predicted molar refractivity (Wildman–Crippen MR) is 128 cm³/mol. The molecule has 4 aromatic rings. The molecule has 0 atom stereocenters. The lowest BCUT2D eigenvalue weighted by atomic mass is 10.0. The van der Waals surface area contributed by atoms with Gasteiger partial charge in [0.1, 0.15) is 5.56 Å². The lowest BCUT2D eigenvalue weighted by Gasteiger charge is -2.21. The highest BCUT2D eigenvalue weighted by molar-refractivity contribution is 6.33. The Labute approximate surface area is 191 Å². The first-order chi connectivity index (χ1) is 15.5. The third-order valence-electron chi connectivity index (χ3n) is 5.33. The van der Waals surface area contributed by atoms with Crippen LogP contribution in [0.25, 0.3) is 11.3 Å². The Hall–Kier alpha value is -3.70. The quantitative estimate of drug-likeness (QED) is 0.444. The van der Waals surface area contributed by atoms with Gasteiger partial charge in [-0.05, 0) is 43.2 Å². The molecule has 5 nitrogen and oxygen atoms in total. The number of benzene rings is 2. The summed E-state index contributed by atoms with van der Waals surface area (Å²) in [6.45, 7) is 4.19. The molecule has 0 unspecified atom stereocenters. The van der Waals surface area contributed by atoms with Crippen molar-refractivity contribution in [3.8, 4) is 11.3 Å². The van der Waals surface area contributed by atoms with E-state index in [-0.39, 0.29) is 11.0 Å². The van der Waals surface area contributed by atoms with Crippen molar-refractivity contribution in [1.82, 2.24) is 9.55 Å². The molecule has 1 amide bonds. The van der Waals surface area contributed by atoms with Gasteiger partial charge in [0.15, 0.2) is 5.43 Å². The SMILES string of the molecule is Cc1ccccc1NC(=O)c1c(-c2ccccc2Cl)n(Cc2cccnc2)c(C)cc1=O. The molecule has 0 radical (unpaired) electrons. The number of anilines is 1. The Balaban J connectivity index is 1.94. The Bertz CT molecular complexity index is 1350. The molecule has 0 saturated carbocycles. The highest BCUT2D eigenvalue weighted by Crippen LogP contribution is 2.31. The van der Waals surface area contributed by atoms with Gasteiger partial charge in [-0.25, -0.2) is 0 Å². The zero-order valence-corrected chi connectivity index (χ0v) is 18.6. The second-order valence-electron chi connectivity index (χ2n) is 7.57. The largest absolute Gasteiger partial charge is 0.339 e. The van der Waals surface area contributed by atoms with Gasteiger partial charge < -0.3 is 9.88 Å². The van der Waals surface area contributed by atoms with E-state index >= 15 is 0 Å². The maximum absolute atomic E-state index is 13.4. The number of rotatable bonds is 5. The van der Waals surface area contributed by atoms with Gasteiger partial charge in [0.2, 0.25) is 0 Å². The van der Waals surface area contributed by atoms with Crippen LogP contribution < -0.4 is 10.7 Å². The molecule has 0 fully saturated rings. The summed E-state index contributed by atoms with van der Waals surface area (Å²) in [6, 6.07) is 20.0. The Morgan fingerprint density at radius 1 is 1.03 bits per heavy atom. The summed E-state index contributed by atoms with van der Waals surface area (Å²) >= 11 is 6.54. The third kappa shape index (κ3) is 4.34. The van der Waals surface area contributed by atoms with E-state index in [1.807, 2.05) is 73.0 Å². The zero-order valence-electron chi connectivity index (χ0n) is 17.8. The predicted octanol–water partition coefficient (Wildman–Crippen LogP) is 5.48. The summed E-state index contributed by atoms with van der Waals surface area (Å²) in [4.78, 5) is 30.8. The smallest absolute Gasteiger partial charge is 0.261 e. The van der Waals surface area contributed by atoms with Gasteiger partial charge in [-0.1, -0.05) is 54.1 Å². The van der Waals surface area contributed by atoms with Crippen molar-refractivity contribution >= 4 is 23.2 Å². The Morgan fingerprint density at radius 3 is 2.50 bits per heavy atom. The number of nitrogens with zero attached hydrogens (tertiary/aromatic N) is 2. The van der Waals surface area contributed by atoms with Gasteiger partial charge in [0.05, 0.1) is 5.69 Å². The molecule has 0 bridgehead atoms. The molecule has 2 heterocycles. The summed E-state index contributed by atoms with van der Waals surface area (Å²) in [5.41, 5.74) is 4.02. The summed E-state index contributed by atoms with van der Waals surface area (Å²) in [6.07, 6.45) is 3.47. The van der Waals surface area contributed by atoms with Gasteiger partial charge in [0.25, 0.3) is 5.91 Å². The highest BCUT2D eigenvalue weighted by Gasteiger charge is 2.23. The van der Waals surface area contributed by atoms with Gasteiger partial charge in [-0.3, -0.25) is 14.6 Å². The molecule has 0 aliphatic carbocycles. The number of para-hydroxylation sites is 1. The maximum atomic E-state index is 13.4. The monoisotopic (exact) mass is 443 g/mol. The molecular formula is C26H22ClN3O2. The van der Waals surface area contributed by atoms with Crippen molar-refractivity contribution < 1.29 is 4.79 Å². The van der Waals surface area contributed by atoms with E-state index in [4.69, 9.17) is 11.6 Å². The molecule has 2 aromatic heterocycles. The number of hydrogen-bond donors (Lipinski definition) is 1. The van der Waals surface area contributed by atoms with Crippen LogP contribution in [0.4, 0.5) is 5.69 Å². The molecule has 1 N–H and O–H groups in total. The minimum atomic E-state index is -0.473. The maximum Gasteiger partial charge on any atom is 0.261 e. The highest BCUT2D eigenvalue weighted by atomic mass is 35.5. The summed E-state index contributed by atoms with van der Waals surface area (Å²) in [7, 11) is 0. The minimum absolute atomic E-state index is 0.0517. The number of nitrogens with one attached hydrogen (secondary N) is 1. The Morgan fingerprint density at radius 2 is 1.78 bits per heavy atom. The fraction of sp³-hybridized carbons (Fsp3) is 0.115. The molecule has 0 saturated heterocycles. The average molecular weight is 444 g/mol. The van der Waals surface area contributed by atoms with Crippen LogP contribution in [0.1, 0.15) is 27.2 Å². The van der Waals surface area contributed by atoms with Gasteiger partial charge in [0, 0.05) is 47.0 Å². The van der Waals surface area contributed by atoms with Crippen LogP contribution in [0.3, 0.4) is 0 Å². The molecule has 160 valence electrons. The number of halogens is 1. The first-order valence-electron chi connectivity index (χ1n) is 10.2. The van der Waals surface area contributed by atoms with E-state index in [1.54, 1.807) is 18.5 Å². The number of pyridine rings is 2. The van der Waals surface area contributed by atoms with E-state index in [0.29, 0.717) is 28.5 Å². The number of aromatic nitrogens is 2. The number of aryl methyl sites for hydroxylation is 2. The second kappa shape index (κ2) is 9.20. The third-order valence-corrected chi connectivity index (χ3v) is 5.66. The van der Waals surface area contributed by atoms with Gasteiger partial charge >= 0.3 is 0 Å². The van der Waals surface area contributed by atoms with Crippen LogP contribution >= 0.6 is 11.6 Å². The van der Waals surface area contributed by atoms with E-state index in [2.05, 4.69) is 10.3 Å². The Kier molecular flexibility index (Phi) is 6.19. The van der Waals surface area contributed by atoms with Gasteiger partial charge in [-0.2, -0.15) is 0 Å². The number of carbonyl (C=O) groups excluding carboxylic acids is 1. The average Bonchev–Trinajstić information content (AvgIpc) is 2.78. The number of amides is 1. The van der Waals surface area contributed by atoms with Crippen LogP contribution in [0.15, 0.2) is 83.9 Å². The molecule has 4 rings (SSSR count). The van der Waals surface area contributed by atoms with Crippen LogP contribution in [0.2, 0.25) is 5.02 Å². The van der Waals surface area contributed by atoms with Crippen LogP contribution in [-0.4, -0.2) is 15.5 Å². The van der Waals surface area contributed by atoms with Crippen LogP contribution in [-0.2, 0) is 6.54 Å². The summed E-state index contributed by atoms with van der Waals surface area (Å²) < 4.78 is 1.94. The molecule has 2 aromatic carbocycles. The zero-order chi connectivity index (χ0) is 22.7. The van der Waals surface area contributed by atoms with E-state index in [9.17, 15) is 9.59 Å². The van der Waals surface area contributed by atoms with Crippen molar-refractivity contribution in [1.29, 1.82) is 0 Å². The molecule has 32 heavy (non-hydrogen) atoms. The molecule has 6 heteroatoms. The second-order valence-corrected chi connectivity index (χ2v) is 7.98. The van der Waals surface area contributed by atoms with Crippen molar-refractivity contribution in [2.75, 3.05) is 5.32 Å². The van der Waals surface area contributed by atoms with Crippen LogP contribution in [0.5, 0.6) is 0 Å². The van der Waals surface area contributed by atoms with Crippen molar-refractivity contribution in [3.05, 3.63) is 117 Å². The molecule has 0 aliphatic heterocycles. The fourth-order valence-corrected chi connectivity index (χ4v) is 3.92. The fourth-order valence-electron chi connectivity index (χ4n) is 3.70. The first kappa shape index (κ1) is 21.5. The summed E-state index contributed by atoms with van der Waals surface area (Å²) in [5.74, 6) is -0.473. The first-order valence-corrected chi connectivity index (χ1v) is 10.6. The van der Waals surface area contributed by atoms with E-state index in [1.165, 1.54) is 6.07 Å². The lowest BCUT2D eigenvalue weighted by molar-refractivity contribution is 0.102. The van der Waals surface area contributed by atoms with Crippen molar-refractivity contribution in [2.24, 2.45) is 0 Å². The topological polar surface area (TPSA) is 64.0 Å². The normalized spacial score (nSPS) is 10.7. The van der Waals surface area contributed by atoms with E-state index < -0.39 is 5.91 Å². The number of carbonyl (C=O) groups is 1. The van der Waals surface area contributed by atoms with Crippen molar-refractivity contribution in [2.45, 2.75) is 20.4 Å². The lowest BCUT2D eigenvalue weighted by Crippen LogP contribution is -2.27. The number of hydrogen-bond acceptors (Lipinski definition) is 3. The van der Waals surface area contributed by atoms with Crippen molar-refractivity contribution in [3.63, 3.8) is 0 Å². The molecule has 0 aliphatic rings. The molecular weight excluding hydrogens is 422 g/mol.